The van der Waals surface area contributed by atoms with Gasteiger partial charge in [-0.25, -0.2) is 9.18 Å². The summed E-state index contributed by atoms with van der Waals surface area (Å²) in [4.78, 5) is 19.2. The normalized spacial score (nSPS) is 16.3. The van der Waals surface area contributed by atoms with E-state index in [0.717, 1.165) is 11.1 Å². The third kappa shape index (κ3) is 4.03. The van der Waals surface area contributed by atoms with Gasteiger partial charge in [0.05, 0.1) is 24.4 Å². The zero-order valence-corrected chi connectivity index (χ0v) is 18.1. The molecule has 33 heavy (non-hydrogen) atoms. The van der Waals surface area contributed by atoms with Crippen LogP contribution in [0.5, 0.6) is 0 Å². The predicted octanol–water partition coefficient (Wildman–Crippen LogP) is 5.47. The second kappa shape index (κ2) is 8.38. The first-order valence-electron chi connectivity index (χ1n) is 10.5. The number of carbonyl (C=O) groups is 1. The fourth-order valence-corrected chi connectivity index (χ4v) is 3.98. The predicted molar refractivity (Wildman–Crippen MR) is 119 cm³/mol. The Kier molecular flexibility index (Phi) is 5.26. The van der Waals surface area contributed by atoms with E-state index in [4.69, 9.17) is 8.94 Å². The minimum Gasteiger partial charge on any atom is -0.467 e. The van der Waals surface area contributed by atoms with Gasteiger partial charge in [0.2, 0.25) is 5.82 Å². The van der Waals surface area contributed by atoms with Gasteiger partial charge in [-0.2, -0.15) is 4.98 Å². The number of hydrogen-bond donors (Lipinski definition) is 1. The number of carbonyl (C=O) groups excluding carboxylic acids is 1. The van der Waals surface area contributed by atoms with E-state index in [1.54, 1.807) is 42.4 Å². The van der Waals surface area contributed by atoms with Gasteiger partial charge in [-0.3, -0.25) is 4.90 Å². The highest BCUT2D eigenvalue weighted by atomic mass is 19.1. The molecule has 1 aliphatic heterocycles. The van der Waals surface area contributed by atoms with Gasteiger partial charge >= 0.3 is 6.03 Å². The number of aromatic nitrogens is 2. The average Bonchev–Trinajstić information content (AvgIpc) is 3.49. The molecule has 0 radical (unpaired) electrons. The molecule has 8 heteroatoms. The van der Waals surface area contributed by atoms with Crippen LogP contribution in [0.2, 0.25) is 0 Å². The van der Waals surface area contributed by atoms with E-state index in [-0.39, 0.29) is 18.5 Å². The molecule has 0 fully saturated rings. The fraction of sp³-hybridized carbons (Fsp3) is 0.160. The first kappa shape index (κ1) is 20.7. The maximum atomic E-state index is 14.0. The van der Waals surface area contributed by atoms with Crippen LogP contribution in [0.3, 0.4) is 0 Å². The Morgan fingerprint density at radius 1 is 1.09 bits per heavy atom. The van der Waals surface area contributed by atoms with Crippen LogP contribution in [-0.4, -0.2) is 21.1 Å². The van der Waals surface area contributed by atoms with Crippen molar-refractivity contribution in [3.8, 4) is 11.4 Å². The number of halogens is 1. The van der Waals surface area contributed by atoms with Crippen LogP contribution in [0, 0.1) is 12.7 Å². The molecule has 7 nitrogen and oxygen atoms in total. The van der Waals surface area contributed by atoms with Gasteiger partial charge in [-0.05, 0) is 49.7 Å². The fourth-order valence-electron chi connectivity index (χ4n) is 3.98. The number of aryl methyl sites for hydroxylation is 1. The Bertz CT molecular complexity index is 1340. The molecule has 166 valence electrons. The highest BCUT2D eigenvalue weighted by molar-refractivity contribution is 5.86. The Morgan fingerprint density at radius 3 is 2.70 bits per heavy atom. The monoisotopic (exact) mass is 444 g/mol. The summed E-state index contributed by atoms with van der Waals surface area (Å²) in [5.74, 6) is 0.908. The van der Waals surface area contributed by atoms with Crippen molar-refractivity contribution in [3.05, 3.63) is 101 Å². The summed E-state index contributed by atoms with van der Waals surface area (Å²) in [6.07, 6.45) is 1.55. The van der Waals surface area contributed by atoms with Gasteiger partial charge in [-0.1, -0.05) is 41.1 Å². The Hall–Kier alpha value is -4.20. The number of hydrogen-bond acceptors (Lipinski definition) is 5. The lowest BCUT2D eigenvalue weighted by Gasteiger charge is -2.34. The van der Waals surface area contributed by atoms with Crippen molar-refractivity contribution in [2.24, 2.45) is 0 Å². The molecule has 2 aromatic carbocycles. The van der Waals surface area contributed by atoms with Crippen LogP contribution in [-0.2, 0) is 6.54 Å². The Balaban J connectivity index is 1.61. The van der Waals surface area contributed by atoms with Crippen LogP contribution < -0.4 is 5.32 Å². The summed E-state index contributed by atoms with van der Waals surface area (Å²) >= 11 is 0. The molecule has 4 aromatic rings. The molecule has 2 amide bonds. The summed E-state index contributed by atoms with van der Waals surface area (Å²) in [6, 6.07) is 16.4. The lowest BCUT2D eigenvalue weighted by molar-refractivity contribution is 0.199. The minimum absolute atomic E-state index is 0.225. The lowest BCUT2D eigenvalue weighted by Crippen LogP contribution is -2.45. The third-order valence-corrected chi connectivity index (χ3v) is 5.61. The summed E-state index contributed by atoms with van der Waals surface area (Å²) < 4.78 is 25.1. The lowest BCUT2D eigenvalue weighted by atomic mass is 9.94. The standard InChI is InChI=1S/C25H21FN4O3/c1-15-6-3-8-18(12-15)23-28-24(33-29-23)21-16(2)30(14-20-10-5-11-32-20)25(31)27-22(21)17-7-4-9-19(26)13-17/h3-13,22H,14H2,1-2H3,(H,27,31). The molecule has 0 bridgehead atoms. The van der Waals surface area contributed by atoms with Crippen LogP contribution in [0.25, 0.3) is 17.0 Å². The minimum atomic E-state index is -0.660. The molecule has 1 unspecified atom stereocenters. The van der Waals surface area contributed by atoms with Crippen molar-refractivity contribution in [3.63, 3.8) is 0 Å². The summed E-state index contributed by atoms with van der Waals surface area (Å²) in [5, 5.41) is 7.11. The van der Waals surface area contributed by atoms with E-state index >= 15 is 0 Å². The molecule has 0 aliphatic carbocycles. The van der Waals surface area contributed by atoms with Crippen molar-refractivity contribution < 1.29 is 18.1 Å². The van der Waals surface area contributed by atoms with Gasteiger partial charge in [0.1, 0.15) is 11.6 Å². The van der Waals surface area contributed by atoms with Crippen LogP contribution in [0.1, 0.15) is 35.7 Å². The van der Waals surface area contributed by atoms with E-state index in [0.29, 0.717) is 28.4 Å². The molecule has 1 aliphatic rings. The number of furan rings is 1. The first-order chi connectivity index (χ1) is 16.0. The zero-order chi connectivity index (χ0) is 22.9. The number of rotatable bonds is 5. The molecular formula is C25H21FN4O3. The van der Waals surface area contributed by atoms with Crippen LogP contribution in [0.4, 0.5) is 9.18 Å². The largest absolute Gasteiger partial charge is 0.467 e. The smallest absolute Gasteiger partial charge is 0.322 e. The van der Waals surface area contributed by atoms with E-state index in [1.807, 2.05) is 31.2 Å². The second-order valence-electron chi connectivity index (χ2n) is 7.89. The first-order valence-corrected chi connectivity index (χ1v) is 10.5. The zero-order valence-electron chi connectivity index (χ0n) is 18.1. The number of nitrogens with zero attached hydrogens (tertiary/aromatic N) is 3. The van der Waals surface area contributed by atoms with Gasteiger partial charge in [0.15, 0.2) is 0 Å². The number of benzene rings is 2. The molecule has 3 heterocycles. The van der Waals surface area contributed by atoms with Crippen molar-refractivity contribution in [2.45, 2.75) is 26.4 Å². The van der Waals surface area contributed by atoms with E-state index in [9.17, 15) is 9.18 Å². The van der Waals surface area contributed by atoms with Crippen LogP contribution in [0.15, 0.2) is 81.6 Å². The molecular weight excluding hydrogens is 423 g/mol. The highest BCUT2D eigenvalue weighted by Crippen LogP contribution is 2.38. The number of amides is 2. The van der Waals surface area contributed by atoms with Gasteiger partial charge < -0.3 is 14.3 Å². The molecule has 1 atom stereocenters. The molecule has 0 spiro atoms. The molecule has 5 rings (SSSR count). The quantitative estimate of drug-likeness (QED) is 0.441. The number of nitrogens with one attached hydrogen (secondary N) is 1. The molecule has 2 aromatic heterocycles. The molecule has 0 saturated carbocycles. The van der Waals surface area contributed by atoms with Crippen molar-refractivity contribution in [1.82, 2.24) is 20.4 Å². The maximum Gasteiger partial charge on any atom is 0.322 e. The Morgan fingerprint density at radius 2 is 1.94 bits per heavy atom. The van der Waals surface area contributed by atoms with E-state index in [2.05, 4.69) is 15.5 Å². The SMILES string of the molecule is CC1=C(c2nc(-c3cccc(C)c3)no2)C(c2cccc(F)c2)NC(=O)N1Cc1ccco1. The van der Waals surface area contributed by atoms with Gasteiger partial charge in [0.25, 0.3) is 5.89 Å². The van der Waals surface area contributed by atoms with Crippen molar-refractivity contribution in [2.75, 3.05) is 0 Å². The third-order valence-electron chi connectivity index (χ3n) is 5.61. The van der Waals surface area contributed by atoms with E-state index < -0.39 is 11.9 Å². The van der Waals surface area contributed by atoms with Gasteiger partial charge in [-0.15, -0.1) is 0 Å². The highest BCUT2D eigenvalue weighted by Gasteiger charge is 2.36. The van der Waals surface area contributed by atoms with Crippen LogP contribution >= 0.6 is 0 Å². The number of urea groups is 1. The summed E-state index contributed by atoms with van der Waals surface area (Å²) in [6.45, 7) is 4.02. The summed E-state index contributed by atoms with van der Waals surface area (Å²) in [7, 11) is 0. The van der Waals surface area contributed by atoms with Crippen molar-refractivity contribution >= 4 is 11.6 Å². The second-order valence-corrected chi connectivity index (χ2v) is 7.89. The maximum absolute atomic E-state index is 14.0. The average molecular weight is 444 g/mol. The molecule has 1 N–H and O–H groups in total. The van der Waals surface area contributed by atoms with E-state index in [1.165, 1.54) is 12.1 Å². The Labute approximate surface area is 189 Å². The topological polar surface area (TPSA) is 84.4 Å². The number of allylic oxidation sites excluding steroid dienone is 1. The molecule has 0 saturated heterocycles. The van der Waals surface area contributed by atoms with Gasteiger partial charge in [0, 0.05) is 11.3 Å². The van der Waals surface area contributed by atoms with Crippen molar-refractivity contribution in [1.29, 1.82) is 0 Å². The summed E-state index contributed by atoms with van der Waals surface area (Å²) in [5.41, 5.74) is 3.67.